The number of nitrogens with zero attached hydrogens (tertiary/aromatic N) is 3. The zero-order valence-corrected chi connectivity index (χ0v) is 13.7. The molecule has 27 heavy (non-hydrogen) atoms. The number of nitro benzene ring substituents is 2. The highest BCUT2D eigenvalue weighted by Crippen LogP contribution is 2.44. The molecule has 0 spiro atoms. The molecule has 0 aliphatic heterocycles. The number of rotatable bonds is 3. The second-order valence-corrected chi connectivity index (χ2v) is 5.89. The van der Waals surface area contributed by atoms with Crippen LogP contribution in [0.5, 0.6) is 5.75 Å². The maximum absolute atomic E-state index is 11.6. The van der Waals surface area contributed by atoms with Gasteiger partial charge in [0.1, 0.15) is 11.1 Å². The monoisotopic (exact) mass is 361 g/mol. The average Bonchev–Trinajstić information content (AvgIpc) is 2.67. The Morgan fingerprint density at radius 1 is 0.852 bits per heavy atom. The van der Waals surface area contributed by atoms with Gasteiger partial charge >= 0.3 is 0 Å². The number of aromatic hydroxyl groups is 1. The van der Waals surface area contributed by atoms with Gasteiger partial charge in [-0.3, -0.25) is 20.2 Å². The summed E-state index contributed by atoms with van der Waals surface area (Å²) in [7, 11) is 0. The highest BCUT2D eigenvalue weighted by atomic mass is 16.6. The predicted molar refractivity (Wildman–Crippen MR) is 99.7 cm³/mol. The summed E-state index contributed by atoms with van der Waals surface area (Å²) in [6.07, 6.45) is 0. The van der Waals surface area contributed by atoms with Crippen LogP contribution in [0.2, 0.25) is 0 Å². The lowest BCUT2D eigenvalue weighted by atomic mass is 9.99. The van der Waals surface area contributed by atoms with E-state index in [2.05, 4.69) is 4.98 Å². The van der Waals surface area contributed by atoms with Crippen LogP contribution in [-0.4, -0.2) is 19.9 Å². The largest absolute Gasteiger partial charge is 0.507 e. The molecule has 8 nitrogen and oxygen atoms in total. The van der Waals surface area contributed by atoms with Crippen LogP contribution < -0.4 is 0 Å². The molecule has 0 atom stereocenters. The fourth-order valence-electron chi connectivity index (χ4n) is 3.14. The van der Waals surface area contributed by atoms with Crippen molar-refractivity contribution in [1.82, 2.24) is 4.98 Å². The Labute approximate surface area is 151 Å². The van der Waals surface area contributed by atoms with E-state index in [0.717, 1.165) is 11.5 Å². The molecule has 132 valence electrons. The Morgan fingerprint density at radius 3 is 2.33 bits per heavy atom. The Kier molecular flexibility index (Phi) is 3.66. The number of hydrogen-bond donors (Lipinski definition) is 1. The van der Waals surface area contributed by atoms with Crippen molar-refractivity contribution in [3.63, 3.8) is 0 Å². The predicted octanol–water partition coefficient (Wildman–Crippen LogP) is 4.58. The van der Waals surface area contributed by atoms with Crippen LogP contribution in [0, 0.1) is 20.2 Å². The molecule has 0 fully saturated rings. The van der Waals surface area contributed by atoms with E-state index in [1.807, 2.05) is 18.2 Å². The van der Waals surface area contributed by atoms with Crippen molar-refractivity contribution in [2.45, 2.75) is 0 Å². The summed E-state index contributed by atoms with van der Waals surface area (Å²) in [4.78, 5) is 25.9. The van der Waals surface area contributed by atoms with Gasteiger partial charge in [-0.2, -0.15) is 0 Å². The molecule has 0 aliphatic carbocycles. The quantitative estimate of drug-likeness (QED) is 0.421. The van der Waals surface area contributed by atoms with Crippen LogP contribution >= 0.6 is 0 Å². The molecule has 1 aromatic heterocycles. The Hall–Kier alpha value is -4.07. The minimum Gasteiger partial charge on any atom is -0.507 e. The number of hydrogen-bond acceptors (Lipinski definition) is 6. The summed E-state index contributed by atoms with van der Waals surface area (Å²) in [6.45, 7) is 0. The van der Waals surface area contributed by atoms with Crippen molar-refractivity contribution in [2.75, 3.05) is 0 Å². The molecular formula is C19H11N3O5. The third-order valence-electron chi connectivity index (χ3n) is 4.36. The van der Waals surface area contributed by atoms with Gasteiger partial charge in [-0.1, -0.05) is 30.3 Å². The van der Waals surface area contributed by atoms with E-state index in [9.17, 15) is 25.3 Å². The molecule has 1 heterocycles. The van der Waals surface area contributed by atoms with E-state index in [-0.39, 0.29) is 22.1 Å². The van der Waals surface area contributed by atoms with Gasteiger partial charge in [-0.05, 0) is 18.2 Å². The third-order valence-corrected chi connectivity index (χ3v) is 4.36. The highest BCUT2D eigenvalue weighted by molar-refractivity contribution is 6.05. The van der Waals surface area contributed by atoms with Crippen molar-refractivity contribution < 1.29 is 15.0 Å². The Bertz CT molecular complexity index is 1250. The molecule has 0 saturated carbocycles. The molecule has 0 unspecified atom stereocenters. The van der Waals surface area contributed by atoms with Crippen molar-refractivity contribution in [2.24, 2.45) is 0 Å². The summed E-state index contributed by atoms with van der Waals surface area (Å²) in [5.41, 5.74) is 0.243. The number of pyridine rings is 1. The zero-order chi connectivity index (χ0) is 19.1. The van der Waals surface area contributed by atoms with Crippen molar-refractivity contribution >= 4 is 33.1 Å². The van der Waals surface area contributed by atoms with Gasteiger partial charge < -0.3 is 5.11 Å². The summed E-state index contributed by atoms with van der Waals surface area (Å²) < 4.78 is 0. The second-order valence-electron chi connectivity index (χ2n) is 5.89. The second kappa shape index (κ2) is 6.03. The first kappa shape index (κ1) is 16.4. The van der Waals surface area contributed by atoms with Gasteiger partial charge in [0.05, 0.1) is 21.1 Å². The summed E-state index contributed by atoms with van der Waals surface area (Å²) in [6, 6.07) is 15.9. The van der Waals surface area contributed by atoms with Crippen LogP contribution in [-0.2, 0) is 0 Å². The Morgan fingerprint density at radius 2 is 1.59 bits per heavy atom. The van der Waals surface area contributed by atoms with Crippen LogP contribution in [0.1, 0.15) is 0 Å². The van der Waals surface area contributed by atoms with Gasteiger partial charge in [0.15, 0.2) is 0 Å². The van der Waals surface area contributed by atoms with E-state index in [4.69, 9.17) is 0 Å². The van der Waals surface area contributed by atoms with Crippen molar-refractivity contribution in [1.29, 1.82) is 0 Å². The molecule has 8 heteroatoms. The number of fused-ring (bicyclic) bond motifs is 2. The van der Waals surface area contributed by atoms with Gasteiger partial charge in [0, 0.05) is 28.5 Å². The first-order valence-corrected chi connectivity index (χ1v) is 7.91. The molecular weight excluding hydrogens is 350 g/mol. The van der Waals surface area contributed by atoms with E-state index < -0.39 is 21.2 Å². The number of phenols is 1. The number of phenolic OH excluding ortho intramolecular Hbond substituents is 1. The average molecular weight is 361 g/mol. The molecule has 0 saturated heterocycles. The lowest BCUT2D eigenvalue weighted by Gasteiger charge is -2.10. The fourth-order valence-corrected chi connectivity index (χ4v) is 3.14. The lowest BCUT2D eigenvalue weighted by Crippen LogP contribution is -1.97. The van der Waals surface area contributed by atoms with Gasteiger partial charge in [-0.25, -0.2) is 4.98 Å². The highest BCUT2D eigenvalue weighted by Gasteiger charge is 2.27. The molecule has 3 aromatic carbocycles. The first-order valence-electron chi connectivity index (χ1n) is 7.91. The van der Waals surface area contributed by atoms with Crippen LogP contribution in [0.15, 0.2) is 60.7 Å². The standard InChI is InChI=1S/C19H11N3O5/c23-19-12-5-3-7-16(21(24)25)18(12)17(22(26)27)10-13(19)15-9-8-11-4-1-2-6-14(11)20-15/h1-10,23H. The number of non-ortho nitro benzene ring substituents is 2. The minimum absolute atomic E-state index is 0.0309. The number of para-hydroxylation sites is 1. The maximum Gasteiger partial charge on any atom is 0.285 e. The zero-order valence-electron chi connectivity index (χ0n) is 13.7. The first-order chi connectivity index (χ1) is 13.0. The maximum atomic E-state index is 11.6. The van der Waals surface area contributed by atoms with Crippen LogP contribution in [0.25, 0.3) is 32.9 Å². The SMILES string of the molecule is O=[N+]([O-])c1cccc2c(O)c(-c3ccc4ccccc4n3)cc([N+](=O)[O-])c12. The molecule has 0 aliphatic rings. The molecule has 0 bridgehead atoms. The summed E-state index contributed by atoms with van der Waals surface area (Å²) >= 11 is 0. The lowest BCUT2D eigenvalue weighted by molar-refractivity contribution is -0.390. The molecule has 4 rings (SSSR count). The van der Waals surface area contributed by atoms with E-state index in [1.54, 1.807) is 18.2 Å². The molecule has 0 radical (unpaired) electrons. The smallest absolute Gasteiger partial charge is 0.285 e. The summed E-state index contributed by atoms with van der Waals surface area (Å²) in [5.74, 6) is -0.290. The van der Waals surface area contributed by atoms with Crippen LogP contribution in [0.4, 0.5) is 11.4 Å². The van der Waals surface area contributed by atoms with Crippen molar-refractivity contribution in [3.8, 4) is 17.0 Å². The Balaban J connectivity index is 2.08. The molecule has 4 aromatic rings. The molecule has 0 amide bonds. The molecule has 1 N–H and O–H groups in total. The normalized spacial score (nSPS) is 11.0. The topological polar surface area (TPSA) is 119 Å². The number of nitro groups is 2. The number of aromatic nitrogens is 1. The van der Waals surface area contributed by atoms with Gasteiger partial charge in [-0.15, -0.1) is 0 Å². The fraction of sp³-hybridized carbons (Fsp3) is 0. The van der Waals surface area contributed by atoms with Gasteiger partial charge in [0.2, 0.25) is 0 Å². The van der Waals surface area contributed by atoms with Crippen LogP contribution in [0.3, 0.4) is 0 Å². The van der Waals surface area contributed by atoms with E-state index in [0.29, 0.717) is 11.2 Å². The minimum atomic E-state index is -0.706. The van der Waals surface area contributed by atoms with E-state index in [1.165, 1.54) is 18.2 Å². The third kappa shape index (κ3) is 2.60. The van der Waals surface area contributed by atoms with Gasteiger partial charge in [0.25, 0.3) is 11.4 Å². The summed E-state index contributed by atoms with van der Waals surface area (Å²) in [5, 5.41) is 34.3. The van der Waals surface area contributed by atoms with E-state index >= 15 is 0 Å². The van der Waals surface area contributed by atoms with Crippen molar-refractivity contribution in [3.05, 3.63) is 80.9 Å². The number of benzene rings is 3.